The summed E-state index contributed by atoms with van der Waals surface area (Å²) in [6.45, 7) is 7.54. The fourth-order valence-corrected chi connectivity index (χ4v) is 5.98. The van der Waals surface area contributed by atoms with Gasteiger partial charge in [0.25, 0.3) is 0 Å². The normalized spacial score (nSPS) is 37.4. The van der Waals surface area contributed by atoms with E-state index in [1.165, 1.54) is 38.5 Å². The zero-order valence-electron chi connectivity index (χ0n) is 14.8. The Bertz CT molecular complexity index is 306. The zero-order valence-corrected chi connectivity index (χ0v) is 14.8. The van der Waals surface area contributed by atoms with Gasteiger partial charge in [-0.2, -0.15) is 0 Å². The van der Waals surface area contributed by atoms with Crippen LogP contribution in [0.15, 0.2) is 0 Å². The summed E-state index contributed by atoms with van der Waals surface area (Å²) in [7, 11) is 0. The third-order valence-electron chi connectivity index (χ3n) is 7.18. The van der Waals surface area contributed by atoms with Crippen LogP contribution in [0.2, 0.25) is 0 Å². The molecule has 3 aliphatic rings. The van der Waals surface area contributed by atoms with E-state index in [0.29, 0.717) is 0 Å². The molecule has 0 amide bonds. The predicted octanol–water partition coefficient (Wildman–Crippen LogP) is 6.69. The maximum atomic E-state index is 2.53. The monoisotopic (exact) mass is 290 g/mol. The lowest BCUT2D eigenvalue weighted by Gasteiger charge is -2.45. The van der Waals surface area contributed by atoms with Gasteiger partial charge in [-0.25, -0.2) is 0 Å². The highest BCUT2D eigenvalue weighted by Gasteiger charge is 2.45. The number of hydrogen-bond donors (Lipinski definition) is 0. The van der Waals surface area contributed by atoms with E-state index in [0.717, 1.165) is 41.4 Å². The van der Waals surface area contributed by atoms with E-state index < -0.39 is 0 Å². The Hall–Kier alpha value is 0. The lowest BCUT2D eigenvalue weighted by atomic mass is 9.60. The van der Waals surface area contributed by atoms with E-state index in [9.17, 15) is 0 Å². The standard InChI is InChI=1S/C21H38/c1-15(2)19-13-10-16(3)14-20(19)21(18-11-12-18)17-8-6-4-5-7-9-17/h15-21H,4-14H2,1-3H3. The molecule has 0 aliphatic heterocycles. The summed E-state index contributed by atoms with van der Waals surface area (Å²) in [5, 5.41) is 0. The molecule has 0 N–H and O–H groups in total. The smallest absolute Gasteiger partial charge is 0.0326 e. The molecule has 0 saturated heterocycles. The summed E-state index contributed by atoms with van der Waals surface area (Å²) in [4.78, 5) is 0. The van der Waals surface area contributed by atoms with Crippen molar-refractivity contribution in [1.82, 2.24) is 0 Å². The summed E-state index contributed by atoms with van der Waals surface area (Å²) < 4.78 is 0. The fraction of sp³-hybridized carbons (Fsp3) is 1.00. The van der Waals surface area contributed by atoms with Crippen molar-refractivity contribution < 1.29 is 0 Å². The molecule has 0 aromatic heterocycles. The first-order valence-electron chi connectivity index (χ1n) is 10.2. The molecule has 21 heavy (non-hydrogen) atoms. The molecule has 3 aliphatic carbocycles. The second-order valence-electron chi connectivity index (χ2n) is 9.16. The van der Waals surface area contributed by atoms with Gasteiger partial charge in [0.1, 0.15) is 0 Å². The van der Waals surface area contributed by atoms with Gasteiger partial charge in [-0.3, -0.25) is 0 Å². The Morgan fingerprint density at radius 1 is 0.667 bits per heavy atom. The van der Waals surface area contributed by atoms with Crippen molar-refractivity contribution in [2.24, 2.45) is 41.4 Å². The topological polar surface area (TPSA) is 0 Å². The average Bonchev–Trinajstić information content (AvgIpc) is 3.26. The summed E-state index contributed by atoms with van der Waals surface area (Å²) in [6.07, 6.45) is 16.9. The van der Waals surface area contributed by atoms with Crippen molar-refractivity contribution >= 4 is 0 Å². The molecule has 3 saturated carbocycles. The maximum Gasteiger partial charge on any atom is -0.0326 e. The van der Waals surface area contributed by atoms with Crippen LogP contribution in [-0.2, 0) is 0 Å². The molecule has 0 bridgehead atoms. The van der Waals surface area contributed by atoms with Crippen LogP contribution < -0.4 is 0 Å². The van der Waals surface area contributed by atoms with Gasteiger partial charge in [-0.1, -0.05) is 65.7 Å². The van der Waals surface area contributed by atoms with E-state index in [1.807, 2.05) is 0 Å². The molecular formula is C21H38. The van der Waals surface area contributed by atoms with E-state index >= 15 is 0 Å². The van der Waals surface area contributed by atoms with Gasteiger partial charge in [0, 0.05) is 0 Å². The van der Waals surface area contributed by atoms with Gasteiger partial charge in [-0.05, 0) is 67.1 Å². The molecular weight excluding hydrogens is 252 g/mol. The van der Waals surface area contributed by atoms with Crippen molar-refractivity contribution in [3.05, 3.63) is 0 Å². The van der Waals surface area contributed by atoms with Crippen LogP contribution in [-0.4, -0.2) is 0 Å². The second kappa shape index (κ2) is 7.05. The van der Waals surface area contributed by atoms with Gasteiger partial charge in [0.2, 0.25) is 0 Å². The SMILES string of the molecule is CC1CCC(C(C)C)C(C(C2CCCCCC2)C2CC2)C1. The third kappa shape index (κ3) is 3.85. The van der Waals surface area contributed by atoms with Crippen molar-refractivity contribution in [2.45, 2.75) is 91.4 Å². The average molecular weight is 291 g/mol. The number of hydrogen-bond acceptors (Lipinski definition) is 0. The van der Waals surface area contributed by atoms with Gasteiger partial charge < -0.3 is 0 Å². The first kappa shape index (κ1) is 15.9. The van der Waals surface area contributed by atoms with Crippen molar-refractivity contribution in [3.63, 3.8) is 0 Å². The zero-order chi connectivity index (χ0) is 14.8. The molecule has 4 unspecified atom stereocenters. The lowest BCUT2D eigenvalue weighted by Crippen LogP contribution is -2.37. The van der Waals surface area contributed by atoms with Crippen LogP contribution in [0.5, 0.6) is 0 Å². The molecule has 0 heteroatoms. The van der Waals surface area contributed by atoms with Crippen LogP contribution >= 0.6 is 0 Å². The van der Waals surface area contributed by atoms with Crippen molar-refractivity contribution in [1.29, 1.82) is 0 Å². The molecule has 3 fully saturated rings. The Labute approximate surface area is 133 Å². The van der Waals surface area contributed by atoms with Crippen molar-refractivity contribution in [3.8, 4) is 0 Å². The molecule has 4 atom stereocenters. The van der Waals surface area contributed by atoms with Crippen LogP contribution in [0, 0.1) is 41.4 Å². The predicted molar refractivity (Wildman–Crippen MR) is 92.2 cm³/mol. The highest BCUT2D eigenvalue weighted by atomic mass is 14.5. The Kier molecular flexibility index (Phi) is 5.33. The first-order valence-corrected chi connectivity index (χ1v) is 10.2. The maximum absolute atomic E-state index is 2.53. The Morgan fingerprint density at radius 3 is 1.86 bits per heavy atom. The quantitative estimate of drug-likeness (QED) is 0.506. The summed E-state index contributed by atoms with van der Waals surface area (Å²) in [5.41, 5.74) is 0. The molecule has 0 spiro atoms. The minimum atomic E-state index is 0.912. The van der Waals surface area contributed by atoms with Gasteiger partial charge in [0.15, 0.2) is 0 Å². The lowest BCUT2D eigenvalue weighted by molar-refractivity contribution is 0.0450. The fourth-order valence-electron chi connectivity index (χ4n) is 5.98. The summed E-state index contributed by atoms with van der Waals surface area (Å²) in [6, 6.07) is 0. The van der Waals surface area contributed by atoms with E-state index in [4.69, 9.17) is 0 Å². The molecule has 3 rings (SSSR count). The van der Waals surface area contributed by atoms with Crippen LogP contribution in [0.1, 0.15) is 91.4 Å². The molecule has 0 heterocycles. The minimum Gasteiger partial charge on any atom is -0.0625 e. The van der Waals surface area contributed by atoms with Gasteiger partial charge in [0.05, 0.1) is 0 Å². The molecule has 0 nitrogen and oxygen atoms in total. The summed E-state index contributed by atoms with van der Waals surface area (Å²) >= 11 is 0. The Morgan fingerprint density at radius 2 is 1.29 bits per heavy atom. The van der Waals surface area contributed by atoms with Crippen LogP contribution in [0.25, 0.3) is 0 Å². The number of rotatable bonds is 4. The first-order chi connectivity index (χ1) is 10.2. The highest BCUT2D eigenvalue weighted by molar-refractivity contribution is 4.95. The van der Waals surface area contributed by atoms with E-state index in [1.54, 1.807) is 32.1 Å². The molecule has 122 valence electrons. The van der Waals surface area contributed by atoms with Crippen LogP contribution in [0.4, 0.5) is 0 Å². The molecule has 0 aromatic carbocycles. The molecule has 0 radical (unpaired) electrons. The van der Waals surface area contributed by atoms with Crippen molar-refractivity contribution in [2.75, 3.05) is 0 Å². The minimum absolute atomic E-state index is 0.912. The van der Waals surface area contributed by atoms with Gasteiger partial charge >= 0.3 is 0 Å². The third-order valence-corrected chi connectivity index (χ3v) is 7.18. The largest absolute Gasteiger partial charge is 0.0625 e. The summed E-state index contributed by atoms with van der Waals surface area (Å²) in [5.74, 6) is 7.35. The van der Waals surface area contributed by atoms with E-state index in [-0.39, 0.29) is 0 Å². The molecule has 0 aromatic rings. The van der Waals surface area contributed by atoms with Gasteiger partial charge in [-0.15, -0.1) is 0 Å². The van der Waals surface area contributed by atoms with Crippen LogP contribution in [0.3, 0.4) is 0 Å². The Balaban J connectivity index is 1.76. The van der Waals surface area contributed by atoms with E-state index in [2.05, 4.69) is 20.8 Å². The second-order valence-corrected chi connectivity index (χ2v) is 9.16. The highest BCUT2D eigenvalue weighted by Crippen LogP contribution is 2.54.